The number of halogens is 1. The summed E-state index contributed by atoms with van der Waals surface area (Å²) in [5.41, 5.74) is 1.11. The molecule has 1 aromatic carbocycles. The average molecular weight is 295 g/mol. The third-order valence-electron chi connectivity index (χ3n) is 3.96. The molecule has 0 radical (unpaired) electrons. The molecule has 21 heavy (non-hydrogen) atoms. The average Bonchev–Trinajstić information content (AvgIpc) is 2.44. The van der Waals surface area contributed by atoms with Crippen molar-refractivity contribution >= 4 is 0 Å². The maximum atomic E-state index is 13.0. The lowest BCUT2D eigenvalue weighted by molar-refractivity contribution is 0.0103. The monoisotopic (exact) mass is 295 g/mol. The van der Waals surface area contributed by atoms with Gasteiger partial charge in [0.2, 0.25) is 0 Å². The zero-order valence-corrected chi connectivity index (χ0v) is 14.1. The SMILES string of the molecule is COC(C)(C)CCC(CNC(C)C)Cc1ccc(F)cc1. The number of hydrogen-bond donors (Lipinski definition) is 1. The predicted octanol–water partition coefficient (Wildman–Crippen LogP) is 4.19. The molecule has 120 valence electrons. The zero-order chi connectivity index (χ0) is 15.9. The lowest BCUT2D eigenvalue weighted by Gasteiger charge is -2.26. The molecule has 0 aliphatic rings. The lowest BCUT2D eigenvalue weighted by Crippen LogP contribution is -2.32. The third-order valence-corrected chi connectivity index (χ3v) is 3.96. The predicted molar refractivity (Wildman–Crippen MR) is 87.1 cm³/mol. The molecular weight excluding hydrogens is 265 g/mol. The molecular formula is C18H30FNO. The molecule has 1 rings (SSSR count). The highest BCUT2D eigenvalue weighted by Gasteiger charge is 2.19. The van der Waals surface area contributed by atoms with Gasteiger partial charge in [-0.1, -0.05) is 26.0 Å². The van der Waals surface area contributed by atoms with Crippen LogP contribution in [-0.4, -0.2) is 25.3 Å². The smallest absolute Gasteiger partial charge is 0.123 e. The summed E-state index contributed by atoms with van der Waals surface area (Å²) in [5.74, 6) is 0.364. The summed E-state index contributed by atoms with van der Waals surface area (Å²) in [6.45, 7) is 9.55. The van der Waals surface area contributed by atoms with E-state index in [1.807, 2.05) is 12.1 Å². The molecule has 1 unspecified atom stereocenters. The van der Waals surface area contributed by atoms with E-state index in [-0.39, 0.29) is 11.4 Å². The van der Waals surface area contributed by atoms with Crippen LogP contribution in [0, 0.1) is 11.7 Å². The fourth-order valence-electron chi connectivity index (χ4n) is 2.29. The Morgan fingerprint density at radius 1 is 1.19 bits per heavy atom. The summed E-state index contributed by atoms with van der Waals surface area (Å²) < 4.78 is 18.5. The normalized spacial score (nSPS) is 13.7. The summed E-state index contributed by atoms with van der Waals surface area (Å²) in [6.07, 6.45) is 3.09. The minimum atomic E-state index is -0.170. The van der Waals surface area contributed by atoms with Gasteiger partial charge in [-0.3, -0.25) is 0 Å². The van der Waals surface area contributed by atoms with Gasteiger partial charge in [-0.05, 0) is 63.3 Å². The molecule has 0 saturated heterocycles. The van der Waals surface area contributed by atoms with E-state index in [1.54, 1.807) is 19.2 Å². The van der Waals surface area contributed by atoms with E-state index in [4.69, 9.17) is 4.74 Å². The minimum absolute atomic E-state index is 0.0844. The molecule has 0 saturated carbocycles. The second kappa shape index (κ2) is 8.50. The van der Waals surface area contributed by atoms with Crippen LogP contribution in [0.5, 0.6) is 0 Å². The number of benzene rings is 1. The fraction of sp³-hybridized carbons (Fsp3) is 0.667. The maximum absolute atomic E-state index is 13.0. The molecule has 0 aliphatic heterocycles. The number of nitrogens with one attached hydrogen (secondary N) is 1. The standard InChI is InChI=1S/C18H30FNO/c1-14(2)20-13-16(10-11-18(3,4)21-5)12-15-6-8-17(19)9-7-15/h6-9,14,16,20H,10-13H2,1-5H3. The molecule has 1 N–H and O–H groups in total. The van der Waals surface area contributed by atoms with Gasteiger partial charge in [0, 0.05) is 13.2 Å². The van der Waals surface area contributed by atoms with Crippen LogP contribution in [0.4, 0.5) is 4.39 Å². The molecule has 0 spiro atoms. The van der Waals surface area contributed by atoms with Gasteiger partial charge < -0.3 is 10.1 Å². The van der Waals surface area contributed by atoms with Crippen LogP contribution in [0.25, 0.3) is 0 Å². The van der Waals surface area contributed by atoms with Gasteiger partial charge in [0.1, 0.15) is 5.82 Å². The molecule has 2 nitrogen and oxygen atoms in total. The van der Waals surface area contributed by atoms with Crippen LogP contribution in [0.15, 0.2) is 24.3 Å². The van der Waals surface area contributed by atoms with Crippen LogP contribution < -0.4 is 5.32 Å². The van der Waals surface area contributed by atoms with Crippen molar-refractivity contribution in [3.63, 3.8) is 0 Å². The molecule has 1 aromatic rings. The minimum Gasteiger partial charge on any atom is -0.379 e. The van der Waals surface area contributed by atoms with Crippen molar-refractivity contribution in [2.24, 2.45) is 5.92 Å². The quantitative estimate of drug-likeness (QED) is 0.737. The molecule has 0 fully saturated rings. The second-order valence-electron chi connectivity index (χ2n) is 6.76. The van der Waals surface area contributed by atoms with Crippen LogP contribution in [0.2, 0.25) is 0 Å². The molecule has 0 aliphatic carbocycles. The largest absolute Gasteiger partial charge is 0.379 e. The Morgan fingerprint density at radius 3 is 2.33 bits per heavy atom. The number of ether oxygens (including phenoxy) is 1. The van der Waals surface area contributed by atoms with Crippen molar-refractivity contribution in [1.29, 1.82) is 0 Å². The van der Waals surface area contributed by atoms with Crippen molar-refractivity contribution in [2.75, 3.05) is 13.7 Å². The van der Waals surface area contributed by atoms with Crippen LogP contribution in [0.1, 0.15) is 46.1 Å². The summed E-state index contributed by atoms with van der Waals surface area (Å²) >= 11 is 0. The fourth-order valence-corrected chi connectivity index (χ4v) is 2.29. The Kier molecular flexibility index (Phi) is 7.33. The summed E-state index contributed by atoms with van der Waals surface area (Å²) in [4.78, 5) is 0. The van der Waals surface area contributed by atoms with E-state index in [2.05, 4.69) is 33.0 Å². The molecule has 0 heterocycles. The Bertz CT molecular complexity index is 400. The van der Waals surface area contributed by atoms with Crippen LogP contribution >= 0.6 is 0 Å². The van der Waals surface area contributed by atoms with Gasteiger partial charge in [-0.15, -0.1) is 0 Å². The van der Waals surface area contributed by atoms with E-state index in [1.165, 1.54) is 5.56 Å². The highest BCUT2D eigenvalue weighted by Crippen LogP contribution is 2.22. The first-order valence-electron chi connectivity index (χ1n) is 7.85. The van der Waals surface area contributed by atoms with Crippen molar-refractivity contribution in [2.45, 2.75) is 58.6 Å². The van der Waals surface area contributed by atoms with Gasteiger partial charge in [-0.25, -0.2) is 4.39 Å². The Morgan fingerprint density at radius 2 is 1.81 bits per heavy atom. The molecule has 3 heteroatoms. The number of hydrogen-bond acceptors (Lipinski definition) is 2. The number of rotatable bonds is 9. The van der Waals surface area contributed by atoms with Gasteiger partial charge in [0.25, 0.3) is 0 Å². The highest BCUT2D eigenvalue weighted by atomic mass is 19.1. The first-order chi connectivity index (χ1) is 9.82. The Labute approximate surface area is 129 Å². The maximum Gasteiger partial charge on any atom is 0.123 e. The Balaban J connectivity index is 2.60. The summed E-state index contributed by atoms with van der Waals surface area (Å²) in [7, 11) is 1.77. The Hall–Kier alpha value is -0.930. The number of methoxy groups -OCH3 is 1. The lowest BCUT2D eigenvalue weighted by atomic mass is 9.90. The zero-order valence-electron chi connectivity index (χ0n) is 14.1. The van der Waals surface area contributed by atoms with Crippen LogP contribution in [-0.2, 0) is 11.2 Å². The van der Waals surface area contributed by atoms with Crippen molar-refractivity contribution in [3.8, 4) is 0 Å². The van der Waals surface area contributed by atoms with E-state index in [0.29, 0.717) is 12.0 Å². The molecule has 1 atom stereocenters. The first-order valence-corrected chi connectivity index (χ1v) is 7.85. The van der Waals surface area contributed by atoms with Gasteiger partial charge in [-0.2, -0.15) is 0 Å². The van der Waals surface area contributed by atoms with E-state index >= 15 is 0 Å². The highest BCUT2D eigenvalue weighted by molar-refractivity contribution is 5.16. The van der Waals surface area contributed by atoms with Crippen molar-refractivity contribution in [1.82, 2.24) is 5.32 Å². The molecule has 0 aromatic heterocycles. The van der Waals surface area contributed by atoms with Crippen molar-refractivity contribution < 1.29 is 9.13 Å². The van der Waals surface area contributed by atoms with E-state index in [0.717, 1.165) is 25.8 Å². The van der Waals surface area contributed by atoms with E-state index < -0.39 is 0 Å². The van der Waals surface area contributed by atoms with Gasteiger partial charge in [0.05, 0.1) is 5.60 Å². The van der Waals surface area contributed by atoms with Gasteiger partial charge in [0.15, 0.2) is 0 Å². The van der Waals surface area contributed by atoms with Gasteiger partial charge >= 0.3 is 0 Å². The summed E-state index contributed by atoms with van der Waals surface area (Å²) in [5, 5.41) is 3.52. The summed E-state index contributed by atoms with van der Waals surface area (Å²) in [6, 6.07) is 7.34. The van der Waals surface area contributed by atoms with E-state index in [9.17, 15) is 4.39 Å². The van der Waals surface area contributed by atoms with Crippen molar-refractivity contribution in [3.05, 3.63) is 35.6 Å². The molecule has 0 bridgehead atoms. The third kappa shape index (κ3) is 7.58. The molecule has 0 amide bonds. The van der Waals surface area contributed by atoms with Crippen LogP contribution in [0.3, 0.4) is 0 Å². The second-order valence-corrected chi connectivity index (χ2v) is 6.76. The topological polar surface area (TPSA) is 21.3 Å². The first kappa shape index (κ1) is 18.1.